The molecule has 224 valence electrons. The molecule has 1 saturated carbocycles. The number of aryl methyl sites for hydroxylation is 1. The van der Waals surface area contributed by atoms with Gasteiger partial charge in [0.15, 0.2) is 11.6 Å². The zero-order valence-corrected chi connectivity index (χ0v) is 23.6. The van der Waals surface area contributed by atoms with Crippen LogP contribution in [-0.2, 0) is 19.8 Å². The summed E-state index contributed by atoms with van der Waals surface area (Å²) in [6.07, 6.45) is 4.83. The number of ether oxygens (including phenoxy) is 1. The number of methoxy groups -OCH3 is 1. The fraction of sp³-hybridized carbons (Fsp3) is 0.500. The highest BCUT2D eigenvalue weighted by Crippen LogP contribution is 2.46. The number of aromatic nitrogens is 2. The first-order chi connectivity index (χ1) is 20.2. The van der Waals surface area contributed by atoms with E-state index in [1.807, 2.05) is 4.90 Å². The standard InChI is InChI=1S/C30H35FN4O7/c1-15-27(38)21(13-36)19(23(14-37)32-15)10-33-7-3-4-16-9-34(12-24(16)33)26-22(31)8-18-25(29(26)42-2)35(17-5-6-17)11-20(28(18)39)30(40)41/h8,11,16-17,24,36-38H,3-7,9-10,12-14H2,1-2H3,(H,40,41)/t16-,24+/m0/s1. The van der Waals surface area contributed by atoms with E-state index in [0.29, 0.717) is 47.7 Å². The van der Waals surface area contributed by atoms with Gasteiger partial charge in [-0.3, -0.25) is 14.7 Å². The lowest BCUT2D eigenvalue weighted by molar-refractivity contribution is 0.0694. The summed E-state index contributed by atoms with van der Waals surface area (Å²) >= 11 is 0. The second kappa shape index (κ2) is 10.8. The number of pyridine rings is 2. The Kier molecular flexibility index (Phi) is 7.32. The fourth-order valence-corrected chi connectivity index (χ4v) is 6.93. The molecular formula is C30H35FN4O7. The van der Waals surface area contributed by atoms with Crippen LogP contribution in [0.25, 0.3) is 10.9 Å². The number of carboxylic acid groups (broad SMARTS) is 1. The molecule has 1 aromatic carbocycles. The summed E-state index contributed by atoms with van der Waals surface area (Å²) in [5, 5.41) is 40.2. The molecule has 2 aliphatic heterocycles. The number of aromatic hydroxyl groups is 1. The van der Waals surface area contributed by atoms with E-state index in [-0.39, 0.29) is 47.2 Å². The molecule has 12 heteroatoms. The first kappa shape index (κ1) is 28.4. The van der Waals surface area contributed by atoms with Crippen LogP contribution in [0.1, 0.15) is 64.6 Å². The molecule has 2 aromatic heterocycles. The van der Waals surface area contributed by atoms with E-state index >= 15 is 4.39 Å². The Balaban J connectivity index is 1.40. The number of nitrogens with zero attached hydrogens (tertiary/aromatic N) is 4. The number of benzene rings is 1. The van der Waals surface area contributed by atoms with Crippen molar-refractivity contribution in [2.75, 3.05) is 31.6 Å². The minimum Gasteiger partial charge on any atom is -0.506 e. The van der Waals surface area contributed by atoms with E-state index in [1.165, 1.54) is 13.3 Å². The number of hydrogen-bond donors (Lipinski definition) is 4. The highest BCUT2D eigenvalue weighted by atomic mass is 19.1. The predicted molar refractivity (Wildman–Crippen MR) is 152 cm³/mol. The van der Waals surface area contributed by atoms with Gasteiger partial charge in [-0.25, -0.2) is 9.18 Å². The Bertz CT molecular complexity index is 1640. The minimum atomic E-state index is -1.35. The van der Waals surface area contributed by atoms with Crippen molar-refractivity contribution in [1.29, 1.82) is 0 Å². The zero-order valence-electron chi connectivity index (χ0n) is 23.6. The van der Waals surface area contributed by atoms with Crippen LogP contribution in [0.4, 0.5) is 10.1 Å². The van der Waals surface area contributed by atoms with E-state index in [9.17, 15) is 30.0 Å². The molecule has 2 saturated heterocycles. The molecule has 4 N–H and O–H groups in total. The van der Waals surface area contributed by atoms with Gasteiger partial charge in [-0.05, 0) is 56.7 Å². The molecule has 0 spiro atoms. The van der Waals surface area contributed by atoms with Crippen molar-refractivity contribution in [3.05, 3.63) is 56.4 Å². The van der Waals surface area contributed by atoms with E-state index in [1.54, 1.807) is 11.5 Å². The normalized spacial score (nSPS) is 20.7. The van der Waals surface area contributed by atoms with Gasteiger partial charge in [-0.15, -0.1) is 0 Å². The third kappa shape index (κ3) is 4.58. The molecule has 42 heavy (non-hydrogen) atoms. The number of aliphatic hydroxyl groups excluding tert-OH is 2. The van der Waals surface area contributed by atoms with E-state index in [2.05, 4.69) is 9.88 Å². The third-order valence-electron chi connectivity index (χ3n) is 9.10. The van der Waals surface area contributed by atoms with Crippen LogP contribution in [0.5, 0.6) is 11.5 Å². The van der Waals surface area contributed by atoms with Gasteiger partial charge in [0, 0.05) is 43.5 Å². The highest BCUT2D eigenvalue weighted by molar-refractivity contribution is 5.97. The van der Waals surface area contributed by atoms with E-state index in [0.717, 1.165) is 38.3 Å². The van der Waals surface area contributed by atoms with Crippen LogP contribution in [0.15, 0.2) is 17.1 Å². The molecule has 4 heterocycles. The number of carbonyl (C=O) groups is 1. The molecule has 0 unspecified atom stereocenters. The summed E-state index contributed by atoms with van der Waals surface area (Å²) in [4.78, 5) is 33.4. The molecule has 2 atom stereocenters. The van der Waals surface area contributed by atoms with Crippen molar-refractivity contribution in [1.82, 2.24) is 14.5 Å². The molecule has 0 amide bonds. The van der Waals surface area contributed by atoms with Crippen molar-refractivity contribution >= 4 is 22.6 Å². The highest BCUT2D eigenvalue weighted by Gasteiger charge is 2.42. The third-order valence-corrected chi connectivity index (χ3v) is 9.10. The molecule has 3 aliphatic rings. The molecule has 0 bridgehead atoms. The Morgan fingerprint density at radius 2 is 1.93 bits per heavy atom. The van der Waals surface area contributed by atoms with Crippen molar-refractivity contribution in [3.8, 4) is 11.5 Å². The average Bonchev–Trinajstić information content (AvgIpc) is 3.72. The molecule has 3 aromatic rings. The van der Waals surface area contributed by atoms with Crippen LogP contribution in [0.3, 0.4) is 0 Å². The number of aliphatic hydroxyl groups is 2. The van der Waals surface area contributed by atoms with Gasteiger partial charge in [0.05, 0.1) is 42.6 Å². The molecule has 6 rings (SSSR count). The van der Waals surface area contributed by atoms with Gasteiger partial charge < -0.3 is 34.6 Å². The molecular weight excluding hydrogens is 547 g/mol. The van der Waals surface area contributed by atoms with Crippen molar-refractivity contribution < 1.29 is 34.3 Å². The average molecular weight is 583 g/mol. The summed E-state index contributed by atoms with van der Waals surface area (Å²) in [5.74, 6) is -1.67. The molecule has 1 aliphatic carbocycles. The Morgan fingerprint density at radius 3 is 2.57 bits per heavy atom. The van der Waals surface area contributed by atoms with E-state index < -0.39 is 29.4 Å². The van der Waals surface area contributed by atoms with E-state index in [4.69, 9.17) is 4.74 Å². The lowest BCUT2D eigenvalue weighted by Crippen LogP contribution is -2.45. The lowest BCUT2D eigenvalue weighted by atomic mass is 9.91. The maximum absolute atomic E-state index is 16.0. The largest absolute Gasteiger partial charge is 0.506 e. The fourth-order valence-electron chi connectivity index (χ4n) is 6.93. The summed E-state index contributed by atoms with van der Waals surface area (Å²) in [7, 11) is 1.43. The van der Waals surface area contributed by atoms with Gasteiger partial charge in [-0.2, -0.15) is 0 Å². The number of piperidine rings is 1. The zero-order chi connectivity index (χ0) is 29.9. The second-order valence-corrected chi connectivity index (χ2v) is 11.6. The number of rotatable bonds is 8. The maximum Gasteiger partial charge on any atom is 0.341 e. The van der Waals surface area contributed by atoms with Crippen LogP contribution < -0.4 is 15.1 Å². The first-order valence-corrected chi connectivity index (χ1v) is 14.3. The van der Waals surface area contributed by atoms with Crippen LogP contribution in [0, 0.1) is 18.7 Å². The lowest BCUT2D eigenvalue weighted by Gasteiger charge is -2.37. The number of anilines is 1. The van der Waals surface area contributed by atoms with Gasteiger partial charge in [0.1, 0.15) is 17.0 Å². The number of hydrogen-bond acceptors (Lipinski definition) is 9. The number of fused-ring (bicyclic) bond motifs is 2. The maximum atomic E-state index is 16.0. The Labute approximate surface area is 241 Å². The molecule has 11 nitrogen and oxygen atoms in total. The van der Waals surface area contributed by atoms with Gasteiger partial charge in [-0.1, -0.05) is 0 Å². The summed E-state index contributed by atoms with van der Waals surface area (Å²) in [6.45, 7) is 3.03. The van der Waals surface area contributed by atoms with Gasteiger partial charge >= 0.3 is 5.97 Å². The van der Waals surface area contributed by atoms with Crippen molar-refractivity contribution in [2.24, 2.45) is 5.92 Å². The van der Waals surface area contributed by atoms with Crippen molar-refractivity contribution in [2.45, 2.75) is 64.4 Å². The number of aromatic carboxylic acids is 1. The Hall–Kier alpha value is -3.74. The molecule has 0 radical (unpaired) electrons. The molecule has 3 fully saturated rings. The summed E-state index contributed by atoms with van der Waals surface area (Å²) < 4.78 is 23.5. The van der Waals surface area contributed by atoms with Crippen molar-refractivity contribution in [3.63, 3.8) is 0 Å². The Morgan fingerprint density at radius 1 is 1.17 bits per heavy atom. The summed E-state index contributed by atoms with van der Waals surface area (Å²) in [6, 6.07) is 1.17. The number of halogens is 1. The van der Waals surface area contributed by atoms with Gasteiger partial charge in [0.2, 0.25) is 5.43 Å². The first-order valence-electron chi connectivity index (χ1n) is 14.3. The van der Waals surface area contributed by atoms with Crippen LogP contribution in [0.2, 0.25) is 0 Å². The smallest absolute Gasteiger partial charge is 0.341 e. The number of carboxylic acids is 1. The van der Waals surface area contributed by atoms with Gasteiger partial charge in [0.25, 0.3) is 0 Å². The summed E-state index contributed by atoms with van der Waals surface area (Å²) in [5.41, 5.74) is 1.21. The SMILES string of the molecule is COc1c(N2C[C@@H]3CCCN(Cc4c(CO)nc(C)c(O)c4CO)[C@@H]3C2)c(F)cc2c(=O)c(C(=O)O)cn(C3CC3)c12. The van der Waals surface area contributed by atoms with Crippen LogP contribution in [-0.4, -0.2) is 73.6 Å². The minimum absolute atomic E-state index is 0.0102. The van der Waals surface area contributed by atoms with Crippen LogP contribution >= 0.6 is 0 Å². The predicted octanol–water partition coefficient (Wildman–Crippen LogP) is 2.68. The second-order valence-electron chi connectivity index (χ2n) is 11.6. The monoisotopic (exact) mass is 582 g/mol. The quantitative estimate of drug-likeness (QED) is 0.312. The topological polar surface area (TPSA) is 149 Å². The number of likely N-dealkylation sites (tertiary alicyclic amines) is 1.